The smallest absolute Gasteiger partial charge is 0.314 e. The van der Waals surface area contributed by atoms with Crippen LogP contribution in [0.15, 0.2) is 0 Å². The summed E-state index contributed by atoms with van der Waals surface area (Å²) in [5.74, 6) is -5.32. The molecule has 0 radical (unpaired) electrons. The standard InChI is InChI=1S/C7H8O5/c8-5-3(6(9)10)1-2-4(5)7(11)12/h3-4H,1-2H2,(H,9,10)(H,11,12)/t3-,4-/m1/s1. The van der Waals surface area contributed by atoms with Crippen molar-refractivity contribution in [2.75, 3.05) is 0 Å². The Morgan fingerprint density at radius 1 is 1.08 bits per heavy atom. The fraction of sp³-hybridized carbons (Fsp3) is 0.571. The van der Waals surface area contributed by atoms with Crippen LogP contribution in [0.2, 0.25) is 0 Å². The number of carbonyl (C=O) groups excluding carboxylic acids is 1. The van der Waals surface area contributed by atoms with E-state index in [4.69, 9.17) is 10.2 Å². The van der Waals surface area contributed by atoms with Gasteiger partial charge >= 0.3 is 11.9 Å². The molecule has 0 heterocycles. The van der Waals surface area contributed by atoms with Gasteiger partial charge in [-0.1, -0.05) is 0 Å². The number of carboxylic acid groups (broad SMARTS) is 2. The summed E-state index contributed by atoms with van der Waals surface area (Å²) in [6.07, 6.45) is 0.288. The van der Waals surface area contributed by atoms with Gasteiger partial charge in [-0.05, 0) is 12.8 Å². The Morgan fingerprint density at radius 2 is 1.42 bits per heavy atom. The molecule has 1 aliphatic rings. The minimum absolute atomic E-state index is 0.144. The number of carbonyl (C=O) groups is 3. The molecule has 2 atom stereocenters. The van der Waals surface area contributed by atoms with E-state index in [-0.39, 0.29) is 12.8 Å². The molecular weight excluding hydrogens is 164 g/mol. The fourth-order valence-corrected chi connectivity index (χ4v) is 1.35. The monoisotopic (exact) mass is 172 g/mol. The molecule has 0 bridgehead atoms. The third-order valence-electron chi connectivity index (χ3n) is 2.03. The highest BCUT2D eigenvalue weighted by molar-refractivity contribution is 6.09. The Balaban J connectivity index is 2.74. The van der Waals surface area contributed by atoms with Gasteiger partial charge in [0, 0.05) is 0 Å². The third-order valence-corrected chi connectivity index (χ3v) is 2.03. The van der Waals surface area contributed by atoms with E-state index in [0.717, 1.165) is 0 Å². The number of Topliss-reactive ketones (excluding diaryl/α,β-unsaturated/α-hetero) is 1. The highest BCUT2D eigenvalue weighted by atomic mass is 16.4. The third kappa shape index (κ3) is 1.30. The lowest BCUT2D eigenvalue weighted by molar-refractivity contribution is -0.148. The van der Waals surface area contributed by atoms with Gasteiger partial charge in [-0.15, -0.1) is 0 Å². The number of rotatable bonds is 2. The quantitative estimate of drug-likeness (QED) is 0.560. The molecule has 0 aliphatic heterocycles. The summed E-state index contributed by atoms with van der Waals surface area (Å²) >= 11 is 0. The molecule has 0 unspecified atom stereocenters. The second-order valence-corrected chi connectivity index (χ2v) is 2.76. The zero-order chi connectivity index (χ0) is 9.30. The maximum atomic E-state index is 11.0. The van der Waals surface area contributed by atoms with Crippen molar-refractivity contribution in [3.8, 4) is 0 Å². The van der Waals surface area contributed by atoms with Crippen LogP contribution in [0.4, 0.5) is 0 Å². The molecule has 1 fully saturated rings. The summed E-state index contributed by atoms with van der Waals surface area (Å²) in [5, 5.41) is 16.9. The summed E-state index contributed by atoms with van der Waals surface area (Å²) in [5.41, 5.74) is 0. The van der Waals surface area contributed by atoms with E-state index in [1.807, 2.05) is 0 Å². The van der Waals surface area contributed by atoms with Gasteiger partial charge in [0.25, 0.3) is 0 Å². The summed E-state index contributed by atoms with van der Waals surface area (Å²) < 4.78 is 0. The van der Waals surface area contributed by atoms with Crippen molar-refractivity contribution in [1.29, 1.82) is 0 Å². The molecule has 0 spiro atoms. The van der Waals surface area contributed by atoms with Crippen LogP contribution in [-0.4, -0.2) is 27.9 Å². The first-order chi connectivity index (χ1) is 5.54. The van der Waals surface area contributed by atoms with Crippen molar-refractivity contribution in [2.45, 2.75) is 12.8 Å². The van der Waals surface area contributed by atoms with Crippen LogP contribution in [0.3, 0.4) is 0 Å². The summed E-state index contributed by atoms with van der Waals surface area (Å²) in [4.78, 5) is 31.8. The first-order valence-electron chi connectivity index (χ1n) is 3.53. The van der Waals surface area contributed by atoms with Crippen molar-refractivity contribution in [3.05, 3.63) is 0 Å². The molecule has 5 heteroatoms. The maximum absolute atomic E-state index is 11.0. The highest BCUT2D eigenvalue weighted by Crippen LogP contribution is 2.27. The van der Waals surface area contributed by atoms with Crippen molar-refractivity contribution in [3.63, 3.8) is 0 Å². The number of hydrogen-bond acceptors (Lipinski definition) is 3. The summed E-state index contributed by atoms with van der Waals surface area (Å²) in [6, 6.07) is 0. The van der Waals surface area contributed by atoms with Gasteiger partial charge in [-0.25, -0.2) is 0 Å². The van der Waals surface area contributed by atoms with Crippen LogP contribution in [0.5, 0.6) is 0 Å². The first kappa shape index (κ1) is 8.70. The molecule has 66 valence electrons. The normalized spacial score (nSPS) is 28.8. The summed E-state index contributed by atoms with van der Waals surface area (Å²) in [7, 11) is 0. The average molecular weight is 172 g/mol. The van der Waals surface area contributed by atoms with Crippen LogP contribution in [0, 0.1) is 11.8 Å². The van der Waals surface area contributed by atoms with Crippen molar-refractivity contribution in [2.24, 2.45) is 11.8 Å². The zero-order valence-corrected chi connectivity index (χ0v) is 6.19. The van der Waals surface area contributed by atoms with E-state index in [9.17, 15) is 14.4 Å². The minimum atomic E-state index is -1.22. The Bertz CT molecular complexity index is 220. The molecule has 0 aromatic heterocycles. The molecule has 0 saturated heterocycles. The number of aliphatic carboxylic acids is 2. The molecule has 0 aromatic carbocycles. The van der Waals surface area contributed by atoms with Gasteiger partial charge in [0.05, 0.1) is 0 Å². The molecule has 5 nitrogen and oxygen atoms in total. The largest absolute Gasteiger partial charge is 0.481 e. The summed E-state index contributed by atoms with van der Waals surface area (Å²) in [6.45, 7) is 0. The predicted octanol–water partition coefficient (Wildman–Crippen LogP) is -0.249. The second-order valence-electron chi connectivity index (χ2n) is 2.76. The Kier molecular flexibility index (Phi) is 2.12. The minimum Gasteiger partial charge on any atom is -0.481 e. The van der Waals surface area contributed by atoms with Gasteiger partial charge in [0.2, 0.25) is 0 Å². The van der Waals surface area contributed by atoms with Crippen LogP contribution in [0.25, 0.3) is 0 Å². The van der Waals surface area contributed by atoms with Crippen molar-refractivity contribution in [1.82, 2.24) is 0 Å². The Labute approximate surface area is 68.0 Å². The molecule has 1 rings (SSSR count). The van der Waals surface area contributed by atoms with E-state index in [2.05, 4.69) is 0 Å². The van der Waals surface area contributed by atoms with E-state index in [1.165, 1.54) is 0 Å². The second kappa shape index (κ2) is 2.92. The van der Waals surface area contributed by atoms with Crippen LogP contribution in [-0.2, 0) is 14.4 Å². The van der Waals surface area contributed by atoms with Crippen molar-refractivity contribution >= 4 is 17.7 Å². The number of carboxylic acids is 2. The molecule has 0 aromatic rings. The average Bonchev–Trinajstić information content (AvgIpc) is 2.30. The Morgan fingerprint density at radius 3 is 1.58 bits per heavy atom. The predicted molar refractivity (Wildman–Crippen MR) is 36.5 cm³/mol. The van der Waals surface area contributed by atoms with Gasteiger partial charge in [0.15, 0.2) is 5.78 Å². The molecule has 1 aliphatic carbocycles. The molecule has 2 N–H and O–H groups in total. The SMILES string of the molecule is O=C(O)[C@@H]1CC[C@@H](C(=O)O)C1=O. The molecule has 12 heavy (non-hydrogen) atoms. The van der Waals surface area contributed by atoms with Crippen LogP contribution in [0.1, 0.15) is 12.8 Å². The lowest BCUT2D eigenvalue weighted by Crippen LogP contribution is -2.25. The van der Waals surface area contributed by atoms with Gasteiger partial charge in [-0.2, -0.15) is 0 Å². The Hall–Kier alpha value is -1.39. The van der Waals surface area contributed by atoms with Gasteiger partial charge in [-0.3, -0.25) is 14.4 Å². The lowest BCUT2D eigenvalue weighted by Gasteiger charge is -2.01. The topological polar surface area (TPSA) is 91.7 Å². The number of ketones is 1. The van der Waals surface area contributed by atoms with E-state index in [1.54, 1.807) is 0 Å². The lowest BCUT2D eigenvalue weighted by atomic mass is 10.0. The van der Waals surface area contributed by atoms with Gasteiger partial charge < -0.3 is 10.2 Å². The molecule has 1 saturated carbocycles. The van der Waals surface area contributed by atoms with E-state index >= 15 is 0 Å². The fourth-order valence-electron chi connectivity index (χ4n) is 1.35. The zero-order valence-electron chi connectivity index (χ0n) is 6.19. The van der Waals surface area contributed by atoms with Crippen LogP contribution < -0.4 is 0 Å². The highest BCUT2D eigenvalue weighted by Gasteiger charge is 2.42. The van der Waals surface area contributed by atoms with E-state index in [0.29, 0.717) is 0 Å². The molecule has 0 amide bonds. The van der Waals surface area contributed by atoms with E-state index < -0.39 is 29.6 Å². The number of hydrogen-bond donors (Lipinski definition) is 2. The van der Waals surface area contributed by atoms with Crippen molar-refractivity contribution < 1.29 is 24.6 Å². The first-order valence-corrected chi connectivity index (χ1v) is 3.53. The van der Waals surface area contributed by atoms with Crippen LogP contribution >= 0.6 is 0 Å². The molecular formula is C7H8O5. The van der Waals surface area contributed by atoms with Gasteiger partial charge in [0.1, 0.15) is 11.8 Å². The maximum Gasteiger partial charge on any atom is 0.314 e.